The predicted molar refractivity (Wildman–Crippen MR) is 82.1 cm³/mol. The van der Waals surface area contributed by atoms with Crippen molar-refractivity contribution in [1.82, 2.24) is 9.88 Å². The number of hydrogen-bond donors (Lipinski definition) is 1. The Morgan fingerprint density at radius 2 is 1.91 bits per heavy atom. The minimum Gasteiger partial charge on any atom is -0.478 e. The largest absolute Gasteiger partial charge is 0.478 e. The Morgan fingerprint density at radius 1 is 1.17 bits per heavy atom. The molecule has 0 aliphatic carbocycles. The molecule has 1 fully saturated rings. The van der Waals surface area contributed by atoms with Crippen molar-refractivity contribution in [2.75, 3.05) is 13.1 Å². The van der Waals surface area contributed by atoms with Crippen molar-refractivity contribution in [2.24, 2.45) is 0 Å². The quantitative estimate of drug-likeness (QED) is 0.938. The molecule has 23 heavy (non-hydrogen) atoms. The highest BCUT2D eigenvalue weighted by Gasteiger charge is 2.33. The van der Waals surface area contributed by atoms with Gasteiger partial charge in [0.1, 0.15) is 6.61 Å². The van der Waals surface area contributed by atoms with Crippen LogP contribution in [0.25, 0.3) is 0 Å². The summed E-state index contributed by atoms with van der Waals surface area (Å²) in [7, 11) is 0. The zero-order valence-electron chi connectivity index (χ0n) is 12.4. The maximum Gasteiger partial charge on any atom is 0.410 e. The van der Waals surface area contributed by atoms with Gasteiger partial charge in [0.15, 0.2) is 0 Å². The van der Waals surface area contributed by atoms with Gasteiger partial charge < -0.3 is 14.7 Å². The Bertz CT molecular complexity index is 694. The number of carbonyl (C=O) groups is 2. The van der Waals surface area contributed by atoms with Crippen LogP contribution in [0, 0.1) is 0 Å². The summed E-state index contributed by atoms with van der Waals surface area (Å²) >= 11 is 0. The predicted octanol–water partition coefficient (Wildman–Crippen LogP) is 2.52. The fourth-order valence-corrected chi connectivity index (χ4v) is 2.40. The van der Waals surface area contributed by atoms with Crippen LogP contribution in [-0.4, -0.2) is 40.1 Å². The van der Waals surface area contributed by atoms with Crippen LogP contribution in [0.5, 0.6) is 0 Å². The first-order chi connectivity index (χ1) is 11.1. The maximum absolute atomic E-state index is 11.9. The molecule has 2 aromatic rings. The average molecular weight is 312 g/mol. The van der Waals surface area contributed by atoms with Gasteiger partial charge in [-0.25, -0.2) is 9.59 Å². The van der Waals surface area contributed by atoms with Crippen LogP contribution in [0.1, 0.15) is 27.5 Å². The van der Waals surface area contributed by atoms with Crippen molar-refractivity contribution < 1.29 is 19.4 Å². The lowest BCUT2D eigenvalue weighted by Gasteiger charge is -2.37. The fourth-order valence-electron chi connectivity index (χ4n) is 2.40. The zero-order chi connectivity index (χ0) is 16.2. The molecule has 2 heterocycles. The summed E-state index contributed by atoms with van der Waals surface area (Å²) in [6.07, 6.45) is 1.00. The number of ether oxygens (including phenoxy) is 1. The van der Waals surface area contributed by atoms with Gasteiger partial charge in [0.2, 0.25) is 0 Å². The summed E-state index contributed by atoms with van der Waals surface area (Å²) in [5, 5.41) is 8.84. The molecule has 0 spiro atoms. The highest BCUT2D eigenvalue weighted by Crippen LogP contribution is 2.26. The Kier molecular flexibility index (Phi) is 4.23. The van der Waals surface area contributed by atoms with Crippen molar-refractivity contribution in [1.29, 1.82) is 0 Å². The first-order valence-corrected chi connectivity index (χ1v) is 7.28. The molecular weight excluding hydrogens is 296 g/mol. The van der Waals surface area contributed by atoms with Gasteiger partial charge in [-0.3, -0.25) is 4.98 Å². The lowest BCUT2D eigenvalue weighted by atomic mass is 9.96. The number of pyridine rings is 1. The highest BCUT2D eigenvalue weighted by molar-refractivity contribution is 5.87. The highest BCUT2D eigenvalue weighted by atomic mass is 16.6. The normalized spacial score (nSPS) is 14.2. The number of likely N-dealkylation sites (tertiary alicyclic amines) is 1. The summed E-state index contributed by atoms with van der Waals surface area (Å²) in [4.78, 5) is 28.5. The Morgan fingerprint density at radius 3 is 2.52 bits per heavy atom. The van der Waals surface area contributed by atoms with Gasteiger partial charge in [-0.15, -0.1) is 0 Å². The SMILES string of the molecule is O=C(O)c1ccc(C2CN(C(=O)OCc3ccccc3)C2)nc1. The molecule has 0 radical (unpaired) electrons. The van der Waals surface area contributed by atoms with Gasteiger partial charge >= 0.3 is 12.1 Å². The summed E-state index contributed by atoms with van der Waals surface area (Å²) < 4.78 is 5.26. The number of aromatic nitrogens is 1. The third kappa shape index (κ3) is 3.48. The molecule has 0 bridgehead atoms. The topological polar surface area (TPSA) is 79.7 Å². The number of amides is 1. The molecular formula is C17H16N2O4. The molecule has 1 aliphatic heterocycles. The molecule has 3 rings (SSSR count). The minimum absolute atomic E-state index is 0.127. The van der Waals surface area contributed by atoms with E-state index in [9.17, 15) is 9.59 Å². The Labute approximate surface area is 133 Å². The molecule has 0 atom stereocenters. The van der Waals surface area contributed by atoms with E-state index in [0.717, 1.165) is 11.3 Å². The van der Waals surface area contributed by atoms with Gasteiger partial charge in [-0.2, -0.15) is 0 Å². The van der Waals surface area contributed by atoms with E-state index in [4.69, 9.17) is 9.84 Å². The molecule has 6 heteroatoms. The van der Waals surface area contributed by atoms with Crippen molar-refractivity contribution in [3.8, 4) is 0 Å². The zero-order valence-corrected chi connectivity index (χ0v) is 12.4. The van der Waals surface area contributed by atoms with Crippen LogP contribution in [0.2, 0.25) is 0 Å². The lowest BCUT2D eigenvalue weighted by Crippen LogP contribution is -2.48. The number of carbonyl (C=O) groups excluding carboxylic acids is 1. The first kappa shape index (κ1) is 15.0. The fraction of sp³-hybridized carbons (Fsp3) is 0.235. The number of benzene rings is 1. The standard InChI is InChI=1S/C17H16N2O4/c20-16(21)13-6-7-15(18-8-13)14-9-19(10-14)17(22)23-11-12-4-2-1-3-5-12/h1-8,14H,9-11H2,(H,20,21). The first-order valence-electron chi connectivity index (χ1n) is 7.28. The number of aromatic carboxylic acids is 1. The van der Waals surface area contributed by atoms with Crippen LogP contribution >= 0.6 is 0 Å². The molecule has 1 aromatic heterocycles. The molecule has 1 saturated heterocycles. The van der Waals surface area contributed by atoms with Gasteiger partial charge in [0.25, 0.3) is 0 Å². The smallest absolute Gasteiger partial charge is 0.410 e. The molecule has 1 amide bonds. The van der Waals surface area contributed by atoms with E-state index in [1.54, 1.807) is 11.0 Å². The number of carboxylic acid groups (broad SMARTS) is 1. The molecule has 0 unspecified atom stereocenters. The van der Waals surface area contributed by atoms with E-state index < -0.39 is 5.97 Å². The van der Waals surface area contributed by atoms with Crippen molar-refractivity contribution in [3.63, 3.8) is 0 Å². The molecule has 118 valence electrons. The summed E-state index contributed by atoms with van der Waals surface area (Å²) in [5.41, 5.74) is 1.90. The van der Waals surface area contributed by atoms with Gasteiger partial charge in [-0.05, 0) is 17.7 Å². The number of nitrogens with zero attached hydrogens (tertiary/aromatic N) is 2. The van der Waals surface area contributed by atoms with Gasteiger partial charge in [0.05, 0.1) is 5.56 Å². The third-order valence-corrected chi connectivity index (χ3v) is 3.80. The number of rotatable bonds is 4. The van der Waals surface area contributed by atoms with E-state index in [-0.39, 0.29) is 24.2 Å². The van der Waals surface area contributed by atoms with E-state index >= 15 is 0 Å². The second-order valence-electron chi connectivity index (χ2n) is 5.42. The summed E-state index contributed by atoms with van der Waals surface area (Å²) in [6.45, 7) is 1.33. The molecule has 0 saturated carbocycles. The van der Waals surface area contributed by atoms with E-state index in [0.29, 0.717) is 13.1 Å². The third-order valence-electron chi connectivity index (χ3n) is 3.80. The van der Waals surface area contributed by atoms with E-state index in [2.05, 4.69) is 4.98 Å². The van der Waals surface area contributed by atoms with Crippen molar-refractivity contribution >= 4 is 12.1 Å². The number of carboxylic acids is 1. The summed E-state index contributed by atoms with van der Waals surface area (Å²) in [6, 6.07) is 12.7. The average Bonchev–Trinajstić information content (AvgIpc) is 2.53. The van der Waals surface area contributed by atoms with Crippen molar-refractivity contribution in [3.05, 3.63) is 65.5 Å². The second-order valence-corrected chi connectivity index (χ2v) is 5.42. The van der Waals surface area contributed by atoms with Crippen LogP contribution < -0.4 is 0 Å². The van der Waals surface area contributed by atoms with Crippen LogP contribution in [0.4, 0.5) is 4.79 Å². The van der Waals surface area contributed by atoms with E-state index in [1.165, 1.54) is 12.3 Å². The molecule has 1 aromatic carbocycles. The lowest BCUT2D eigenvalue weighted by molar-refractivity contribution is 0.0657. The Hall–Kier alpha value is -2.89. The van der Waals surface area contributed by atoms with Gasteiger partial charge in [-0.1, -0.05) is 30.3 Å². The monoisotopic (exact) mass is 312 g/mol. The molecule has 6 nitrogen and oxygen atoms in total. The molecule has 1 N–H and O–H groups in total. The Balaban J connectivity index is 1.48. The summed E-state index contributed by atoms with van der Waals surface area (Å²) in [5.74, 6) is -0.870. The van der Waals surface area contributed by atoms with E-state index in [1.807, 2.05) is 30.3 Å². The molecule has 1 aliphatic rings. The maximum atomic E-state index is 11.9. The number of hydrogen-bond acceptors (Lipinski definition) is 4. The van der Waals surface area contributed by atoms with Crippen LogP contribution in [0.3, 0.4) is 0 Å². The van der Waals surface area contributed by atoms with Crippen molar-refractivity contribution in [2.45, 2.75) is 12.5 Å². The van der Waals surface area contributed by atoms with Crippen LogP contribution in [-0.2, 0) is 11.3 Å². The second kappa shape index (κ2) is 6.48. The van der Waals surface area contributed by atoms with Crippen LogP contribution in [0.15, 0.2) is 48.7 Å². The van der Waals surface area contributed by atoms with Gasteiger partial charge in [0, 0.05) is 30.9 Å². The minimum atomic E-state index is -0.997.